The summed E-state index contributed by atoms with van der Waals surface area (Å²) >= 11 is 6.02. The second-order valence-corrected chi connectivity index (χ2v) is 6.77. The van der Waals surface area contributed by atoms with Crippen LogP contribution in [0.1, 0.15) is 18.9 Å². The SMILES string of the molecule is CC1=C2C(=O)C=C(Cl)CC23ON3S(=O)c2ccccc21. The molecule has 3 atom stereocenters. The van der Waals surface area contributed by atoms with E-state index in [4.69, 9.17) is 16.4 Å². The molecule has 1 saturated heterocycles. The standard InChI is InChI=1S/C14H10ClNO3S/c1-8-10-4-2-3-5-12(10)20(18)16-14(19-16)7-9(15)6-11(17)13(8)14/h2-6H,7H2,1H3. The van der Waals surface area contributed by atoms with Crippen molar-refractivity contribution in [1.29, 1.82) is 0 Å². The molecule has 0 aromatic heterocycles. The van der Waals surface area contributed by atoms with Crippen LogP contribution in [-0.4, -0.2) is 20.2 Å². The number of rotatable bonds is 0. The smallest absolute Gasteiger partial charge is 0.213 e. The number of ketones is 1. The molecule has 2 aliphatic heterocycles. The van der Waals surface area contributed by atoms with E-state index in [-0.39, 0.29) is 5.78 Å². The Morgan fingerprint density at radius 3 is 2.95 bits per heavy atom. The molecule has 1 aliphatic carbocycles. The first kappa shape index (κ1) is 12.5. The number of nitrogens with zero attached hydrogens (tertiary/aromatic N) is 1. The molecule has 102 valence electrons. The minimum Gasteiger partial charge on any atom is -0.289 e. The molecular formula is C14H10ClNO3S. The average molecular weight is 308 g/mol. The highest BCUT2D eigenvalue weighted by atomic mass is 35.5. The molecule has 0 N–H and O–H groups in total. The molecule has 0 saturated carbocycles. The van der Waals surface area contributed by atoms with Gasteiger partial charge in [0.05, 0.1) is 10.5 Å². The number of allylic oxidation sites excluding steroid dienone is 2. The van der Waals surface area contributed by atoms with Gasteiger partial charge < -0.3 is 0 Å². The average Bonchev–Trinajstić information content (AvgIpc) is 3.10. The first-order chi connectivity index (χ1) is 9.54. The van der Waals surface area contributed by atoms with Crippen molar-refractivity contribution >= 4 is 33.9 Å². The van der Waals surface area contributed by atoms with Crippen LogP contribution >= 0.6 is 11.6 Å². The summed E-state index contributed by atoms with van der Waals surface area (Å²) in [6.07, 6.45) is 1.77. The lowest BCUT2D eigenvalue weighted by atomic mass is 9.86. The third-order valence-corrected chi connectivity index (χ3v) is 5.48. The summed E-state index contributed by atoms with van der Waals surface area (Å²) < 4.78 is 14.0. The van der Waals surface area contributed by atoms with Crippen LogP contribution < -0.4 is 0 Å². The third-order valence-electron chi connectivity index (χ3n) is 3.83. The lowest BCUT2D eigenvalue weighted by Crippen LogP contribution is -2.29. The molecule has 3 aliphatic rings. The molecule has 4 rings (SSSR count). The zero-order valence-electron chi connectivity index (χ0n) is 10.6. The van der Waals surface area contributed by atoms with Crippen molar-refractivity contribution in [3.8, 4) is 0 Å². The number of benzene rings is 1. The van der Waals surface area contributed by atoms with Gasteiger partial charge in [-0.2, -0.15) is 0 Å². The van der Waals surface area contributed by atoms with E-state index in [9.17, 15) is 9.00 Å². The Morgan fingerprint density at radius 2 is 2.15 bits per heavy atom. The van der Waals surface area contributed by atoms with E-state index in [1.165, 1.54) is 10.5 Å². The quantitative estimate of drug-likeness (QED) is 0.692. The Labute approximate surface area is 123 Å². The van der Waals surface area contributed by atoms with Crippen LogP contribution in [0, 0.1) is 0 Å². The zero-order chi connectivity index (χ0) is 14.1. The predicted octanol–water partition coefficient (Wildman–Crippen LogP) is 2.54. The van der Waals surface area contributed by atoms with Gasteiger partial charge in [0.25, 0.3) is 0 Å². The van der Waals surface area contributed by atoms with Crippen LogP contribution in [0.15, 0.2) is 45.8 Å². The Morgan fingerprint density at radius 1 is 1.40 bits per heavy atom. The van der Waals surface area contributed by atoms with Gasteiger partial charge in [0.1, 0.15) is 0 Å². The van der Waals surface area contributed by atoms with Gasteiger partial charge >= 0.3 is 0 Å². The van der Waals surface area contributed by atoms with Crippen molar-refractivity contribution in [3.05, 3.63) is 46.5 Å². The normalized spacial score (nSPS) is 34.7. The molecule has 1 fully saturated rings. The Hall–Kier alpha value is -1.27. The number of halogens is 1. The third kappa shape index (κ3) is 1.43. The fraction of sp³-hybridized carbons (Fsp3) is 0.214. The molecule has 1 spiro atoms. The van der Waals surface area contributed by atoms with E-state index < -0.39 is 16.7 Å². The second-order valence-electron chi connectivity index (χ2n) is 5.01. The summed E-state index contributed by atoms with van der Waals surface area (Å²) in [7, 11) is -1.45. The minimum atomic E-state index is -1.45. The van der Waals surface area contributed by atoms with E-state index in [1.54, 1.807) is 6.07 Å². The highest BCUT2D eigenvalue weighted by molar-refractivity contribution is 7.82. The largest absolute Gasteiger partial charge is 0.289 e. The summed E-state index contributed by atoms with van der Waals surface area (Å²) in [5.74, 6) is -0.171. The van der Waals surface area contributed by atoms with E-state index >= 15 is 0 Å². The van der Waals surface area contributed by atoms with Crippen LogP contribution in [0.4, 0.5) is 0 Å². The van der Waals surface area contributed by atoms with Gasteiger partial charge in [-0.05, 0) is 24.1 Å². The maximum atomic E-state index is 12.6. The number of fused-ring (bicyclic) bond motifs is 1. The van der Waals surface area contributed by atoms with Gasteiger partial charge in [0.2, 0.25) is 5.72 Å². The number of carbonyl (C=O) groups is 1. The highest BCUT2D eigenvalue weighted by Crippen LogP contribution is 2.55. The molecule has 1 aromatic carbocycles. The highest BCUT2D eigenvalue weighted by Gasteiger charge is 2.66. The van der Waals surface area contributed by atoms with Crippen LogP contribution in [0.3, 0.4) is 0 Å². The van der Waals surface area contributed by atoms with Crippen LogP contribution in [0.25, 0.3) is 5.57 Å². The molecule has 20 heavy (non-hydrogen) atoms. The number of carbonyl (C=O) groups excluding carboxylic acids is 1. The summed E-state index contributed by atoms with van der Waals surface area (Å²) in [5.41, 5.74) is 1.23. The summed E-state index contributed by atoms with van der Waals surface area (Å²) in [6, 6.07) is 7.37. The maximum Gasteiger partial charge on any atom is 0.213 e. The Kier molecular flexibility index (Phi) is 2.42. The molecular weight excluding hydrogens is 298 g/mol. The zero-order valence-corrected chi connectivity index (χ0v) is 12.1. The first-order valence-electron chi connectivity index (χ1n) is 6.17. The summed E-state index contributed by atoms with van der Waals surface area (Å²) in [6.45, 7) is 1.86. The van der Waals surface area contributed by atoms with Crippen molar-refractivity contribution < 1.29 is 13.8 Å². The lowest BCUT2D eigenvalue weighted by molar-refractivity contribution is -0.112. The van der Waals surface area contributed by atoms with E-state index in [1.807, 2.05) is 25.1 Å². The Balaban J connectivity index is 2.04. The van der Waals surface area contributed by atoms with Gasteiger partial charge in [0, 0.05) is 17.5 Å². The molecule has 2 heterocycles. The van der Waals surface area contributed by atoms with Gasteiger partial charge in [-0.15, -0.1) is 0 Å². The van der Waals surface area contributed by atoms with Crippen LogP contribution in [-0.2, 0) is 20.6 Å². The Bertz CT molecular complexity index is 755. The van der Waals surface area contributed by atoms with Gasteiger partial charge in [-0.3, -0.25) is 9.63 Å². The first-order valence-corrected chi connectivity index (χ1v) is 7.65. The fourth-order valence-electron chi connectivity index (χ4n) is 2.92. The monoisotopic (exact) mass is 307 g/mol. The van der Waals surface area contributed by atoms with Crippen LogP contribution in [0.2, 0.25) is 0 Å². The van der Waals surface area contributed by atoms with Crippen molar-refractivity contribution in [2.75, 3.05) is 0 Å². The van der Waals surface area contributed by atoms with Crippen molar-refractivity contribution in [1.82, 2.24) is 4.47 Å². The molecule has 0 radical (unpaired) electrons. The van der Waals surface area contributed by atoms with E-state index in [0.29, 0.717) is 21.9 Å². The minimum absolute atomic E-state index is 0.171. The summed E-state index contributed by atoms with van der Waals surface area (Å²) in [4.78, 5) is 18.5. The maximum absolute atomic E-state index is 12.6. The van der Waals surface area contributed by atoms with Crippen molar-refractivity contribution in [2.24, 2.45) is 0 Å². The van der Waals surface area contributed by atoms with Gasteiger partial charge in [0.15, 0.2) is 16.8 Å². The molecule has 0 bridgehead atoms. The van der Waals surface area contributed by atoms with Crippen molar-refractivity contribution in [2.45, 2.75) is 24.0 Å². The number of hydroxylamine groups is 1. The lowest BCUT2D eigenvalue weighted by Gasteiger charge is -2.19. The predicted molar refractivity (Wildman–Crippen MR) is 74.7 cm³/mol. The van der Waals surface area contributed by atoms with Gasteiger partial charge in [-0.25, -0.2) is 4.21 Å². The molecule has 4 nitrogen and oxygen atoms in total. The molecule has 1 aromatic rings. The fourth-order valence-corrected chi connectivity index (χ4v) is 4.60. The number of hydrogen-bond donors (Lipinski definition) is 0. The van der Waals surface area contributed by atoms with Crippen LogP contribution in [0.5, 0.6) is 0 Å². The molecule has 0 amide bonds. The van der Waals surface area contributed by atoms with Gasteiger partial charge in [-0.1, -0.05) is 34.3 Å². The van der Waals surface area contributed by atoms with E-state index in [0.717, 1.165) is 11.1 Å². The molecule has 6 heteroatoms. The second kappa shape index (κ2) is 3.89. The van der Waals surface area contributed by atoms with E-state index in [2.05, 4.69) is 0 Å². The summed E-state index contributed by atoms with van der Waals surface area (Å²) in [5, 5.41) is 0.428. The number of hydrogen-bond acceptors (Lipinski definition) is 3. The topological polar surface area (TPSA) is 49.7 Å². The molecule has 3 unspecified atom stereocenters. The van der Waals surface area contributed by atoms with Crippen molar-refractivity contribution in [3.63, 3.8) is 0 Å².